The third-order valence-corrected chi connectivity index (χ3v) is 4.08. The van der Waals surface area contributed by atoms with Crippen LogP contribution in [0.3, 0.4) is 0 Å². The van der Waals surface area contributed by atoms with Gasteiger partial charge in [-0.2, -0.15) is 0 Å². The summed E-state index contributed by atoms with van der Waals surface area (Å²) in [5.74, 6) is -1.41. The number of hydrogen-bond acceptors (Lipinski definition) is 2. The Morgan fingerprint density at radius 2 is 2.00 bits per heavy atom. The number of nitrogens with one attached hydrogen (secondary N) is 1. The second-order valence-electron chi connectivity index (χ2n) is 5.87. The fourth-order valence-electron chi connectivity index (χ4n) is 2.81. The van der Waals surface area contributed by atoms with E-state index < -0.39 is 11.6 Å². The SMILES string of the molecule is C=CCN(CC=C)C(=O)NCC1CCN(c2ccc(F)c(F)c2)C1. The molecule has 1 unspecified atom stereocenters. The van der Waals surface area contributed by atoms with Crippen LogP contribution in [0.1, 0.15) is 6.42 Å². The van der Waals surface area contributed by atoms with Crippen molar-refractivity contribution in [1.82, 2.24) is 10.2 Å². The first kappa shape index (κ1) is 18.0. The molecule has 0 saturated carbocycles. The summed E-state index contributed by atoms with van der Waals surface area (Å²) in [4.78, 5) is 15.7. The van der Waals surface area contributed by atoms with Gasteiger partial charge < -0.3 is 15.1 Å². The molecule has 0 spiro atoms. The molecule has 1 N–H and O–H groups in total. The molecule has 0 radical (unpaired) electrons. The Labute approximate surface area is 141 Å². The predicted molar refractivity (Wildman–Crippen MR) is 92.0 cm³/mol. The van der Waals surface area contributed by atoms with E-state index in [1.165, 1.54) is 6.07 Å². The minimum atomic E-state index is -0.841. The van der Waals surface area contributed by atoms with Gasteiger partial charge in [-0.1, -0.05) is 12.2 Å². The van der Waals surface area contributed by atoms with Crippen molar-refractivity contribution in [3.8, 4) is 0 Å². The number of anilines is 1. The van der Waals surface area contributed by atoms with Crippen LogP contribution in [0.4, 0.5) is 19.3 Å². The van der Waals surface area contributed by atoms with E-state index in [0.717, 1.165) is 19.0 Å². The molecular formula is C18H23F2N3O. The number of carbonyl (C=O) groups excluding carboxylic acids is 1. The first-order valence-electron chi connectivity index (χ1n) is 7.99. The second-order valence-corrected chi connectivity index (χ2v) is 5.87. The normalized spacial score (nSPS) is 16.8. The van der Waals surface area contributed by atoms with Gasteiger partial charge in [0.05, 0.1) is 0 Å². The summed E-state index contributed by atoms with van der Waals surface area (Å²) < 4.78 is 26.4. The summed E-state index contributed by atoms with van der Waals surface area (Å²) in [5.41, 5.74) is 0.669. The molecule has 4 nitrogen and oxygen atoms in total. The van der Waals surface area contributed by atoms with Crippen molar-refractivity contribution in [3.63, 3.8) is 0 Å². The summed E-state index contributed by atoms with van der Waals surface area (Å²) in [7, 11) is 0. The molecule has 1 aliphatic heterocycles. The predicted octanol–water partition coefficient (Wildman–Crippen LogP) is 3.17. The molecule has 1 fully saturated rings. The number of amides is 2. The van der Waals surface area contributed by atoms with Crippen molar-refractivity contribution in [2.45, 2.75) is 6.42 Å². The summed E-state index contributed by atoms with van der Waals surface area (Å²) in [6.07, 6.45) is 4.23. The topological polar surface area (TPSA) is 35.6 Å². The summed E-state index contributed by atoms with van der Waals surface area (Å²) in [6.45, 7) is 10.2. The first-order valence-corrected chi connectivity index (χ1v) is 7.99. The van der Waals surface area contributed by atoms with Gasteiger partial charge in [-0.05, 0) is 24.5 Å². The van der Waals surface area contributed by atoms with Crippen molar-refractivity contribution in [2.24, 2.45) is 5.92 Å². The summed E-state index contributed by atoms with van der Waals surface area (Å²) >= 11 is 0. The number of benzene rings is 1. The number of nitrogens with zero attached hydrogens (tertiary/aromatic N) is 2. The third-order valence-electron chi connectivity index (χ3n) is 4.08. The van der Waals surface area contributed by atoms with Gasteiger partial charge >= 0.3 is 6.03 Å². The van der Waals surface area contributed by atoms with E-state index in [9.17, 15) is 13.6 Å². The zero-order chi connectivity index (χ0) is 17.5. The van der Waals surface area contributed by atoms with Gasteiger partial charge in [0, 0.05) is 44.5 Å². The molecule has 1 saturated heterocycles. The van der Waals surface area contributed by atoms with Gasteiger partial charge in [-0.25, -0.2) is 13.6 Å². The zero-order valence-electron chi connectivity index (χ0n) is 13.7. The zero-order valence-corrected chi connectivity index (χ0v) is 13.7. The maximum Gasteiger partial charge on any atom is 0.317 e. The fourth-order valence-corrected chi connectivity index (χ4v) is 2.81. The van der Waals surface area contributed by atoms with Gasteiger partial charge in [-0.15, -0.1) is 13.2 Å². The van der Waals surface area contributed by atoms with Crippen LogP contribution >= 0.6 is 0 Å². The van der Waals surface area contributed by atoms with Crippen LogP contribution < -0.4 is 10.2 Å². The lowest BCUT2D eigenvalue weighted by Gasteiger charge is -2.22. The van der Waals surface area contributed by atoms with Crippen LogP contribution in [-0.2, 0) is 0 Å². The molecule has 2 amide bonds. The smallest absolute Gasteiger partial charge is 0.317 e. The van der Waals surface area contributed by atoms with Crippen molar-refractivity contribution in [1.29, 1.82) is 0 Å². The molecule has 1 aromatic rings. The van der Waals surface area contributed by atoms with Crippen molar-refractivity contribution < 1.29 is 13.6 Å². The highest BCUT2D eigenvalue weighted by Crippen LogP contribution is 2.25. The highest BCUT2D eigenvalue weighted by Gasteiger charge is 2.24. The Balaban J connectivity index is 1.85. The maximum absolute atomic E-state index is 13.3. The summed E-state index contributed by atoms with van der Waals surface area (Å²) in [6, 6.07) is 3.78. The maximum atomic E-state index is 13.3. The van der Waals surface area contributed by atoms with Crippen molar-refractivity contribution >= 4 is 11.7 Å². The van der Waals surface area contributed by atoms with Crippen LogP contribution in [0.25, 0.3) is 0 Å². The molecule has 2 rings (SSSR count). The van der Waals surface area contributed by atoms with Crippen LogP contribution in [0.5, 0.6) is 0 Å². The van der Waals surface area contributed by atoms with Gasteiger partial charge in [0.2, 0.25) is 0 Å². The standard InChI is InChI=1S/C18H23F2N3O/c1-3-8-22(9-4-2)18(24)21-12-14-7-10-23(13-14)15-5-6-16(19)17(20)11-15/h3-6,11,14H,1-2,7-10,12-13H2,(H,21,24). The fraction of sp³-hybridized carbons (Fsp3) is 0.389. The van der Waals surface area contributed by atoms with E-state index in [0.29, 0.717) is 31.9 Å². The molecule has 0 aromatic heterocycles. The average molecular weight is 335 g/mol. The Hall–Kier alpha value is -2.37. The van der Waals surface area contributed by atoms with Gasteiger partial charge in [-0.3, -0.25) is 0 Å². The molecule has 24 heavy (non-hydrogen) atoms. The summed E-state index contributed by atoms with van der Waals surface area (Å²) in [5, 5.41) is 2.92. The largest absolute Gasteiger partial charge is 0.371 e. The van der Waals surface area contributed by atoms with E-state index in [4.69, 9.17) is 0 Å². The van der Waals surface area contributed by atoms with Crippen molar-refractivity contribution in [2.75, 3.05) is 37.6 Å². The van der Waals surface area contributed by atoms with Gasteiger partial charge in [0.1, 0.15) is 0 Å². The highest BCUT2D eigenvalue weighted by atomic mass is 19.2. The molecule has 0 aliphatic carbocycles. The van der Waals surface area contributed by atoms with E-state index in [-0.39, 0.29) is 11.9 Å². The van der Waals surface area contributed by atoms with Gasteiger partial charge in [0.25, 0.3) is 0 Å². The van der Waals surface area contributed by atoms with Crippen LogP contribution in [0.2, 0.25) is 0 Å². The average Bonchev–Trinajstić information content (AvgIpc) is 3.04. The lowest BCUT2D eigenvalue weighted by molar-refractivity contribution is 0.206. The second kappa shape index (κ2) is 8.47. The molecule has 1 heterocycles. The van der Waals surface area contributed by atoms with Crippen LogP contribution in [-0.4, -0.2) is 43.7 Å². The molecule has 1 aliphatic rings. The van der Waals surface area contributed by atoms with E-state index in [2.05, 4.69) is 18.5 Å². The Morgan fingerprint density at radius 3 is 2.62 bits per heavy atom. The minimum Gasteiger partial charge on any atom is -0.371 e. The quantitative estimate of drug-likeness (QED) is 0.777. The Kier molecular flexibility index (Phi) is 6.35. The number of rotatable bonds is 7. The van der Waals surface area contributed by atoms with Crippen molar-refractivity contribution in [3.05, 3.63) is 55.1 Å². The highest BCUT2D eigenvalue weighted by molar-refractivity contribution is 5.74. The van der Waals surface area contributed by atoms with E-state index in [1.54, 1.807) is 23.1 Å². The molecule has 6 heteroatoms. The lowest BCUT2D eigenvalue weighted by atomic mass is 10.1. The Morgan fingerprint density at radius 1 is 1.29 bits per heavy atom. The molecular weight excluding hydrogens is 312 g/mol. The lowest BCUT2D eigenvalue weighted by Crippen LogP contribution is -2.42. The Bertz CT molecular complexity index is 596. The monoisotopic (exact) mass is 335 g/mol. The third kappa shape index (κ3) is 4.57. The molecule has 1 aromatic carbocycles. The van der Waals surface area contributed by atoms with Crippen LogP contribution in [0.15, 0.2) is 43.5 Å². The molecule has 1 atom stereocenters. The number of halogens is 2. The van der Waals surface area contributed by atoms with Crippen LogP contribution in [0, 0.1) is 17.6 Å². The van der Waals surface area contributed by atoms with E-state index >= 15 is 0 Å². The number of hydrogen-bond donors (Lipinski definition) is 1. The minimum absolute atomic E-state index is 0.152. The first-order chi connectivity index (χ1) is 11.5. The molecule has 0 bridgehead atoms. The van der Waals surface area contributed by atoms with Gasteiger partial charge in [0.15, 0.2) is 11.6 Å². The van der Waals surface area contributed by atoms with E-state index in [1.807, 2.05) is 4.90 Å². The number of carbonyl (C=O) groups is 1. The number of urea groups is 1. The molecule has 130 valence electrons.